The van der Waals surface area contributed by atoms with Crippen molar-refractivity contribution in [2.45, 2.75) is 64.7 Å². The van der Waals surface area contributed by atoms with Crippen LogP contribution >= 0.6 is 0 Å². The molecule has 0 spiro atoms. The van der Waals surface area contributed by atoms with Crippen LogP contribution in [-0.4, -0.2) is 54.6 Å². The smallest absolute Gasteiger partial charge is 0.308 e. The van der Waals surface area contributed by atoms with E-state index in [2.05, 4.69) is 4.98 Å². The fraction of sp³-hybridized carbons (Fsp3) is 0.632. The third-order valence-corrected chi connectivity index (χ3v) is 4.86. The molecule has 0 aliphatic carbocycles. The van der Waals surface area contributed by atoms with Gasteiger partial charge in [0.1, 0.15) is 11.7 Å². The molecule has 0 N–H and O–H groups in total. The van der Waals surface area contributed by atoms with Crippen molar-refractivity contribution in [3.05, 3.63) is 29.6 Å². The van der Waals surface area contributed by atoms with E-state index in [-0.39, 0.29) is 25.3 Å². The molecule has 1 saturated heterocycles. The van der Waals surface area contributed by atoms with Gasteiger partial charge in [-0.15, -0.1) is 0 Å². The Balaban J connectivity index is 2.24. The topological polar surface area (TPSA) is 103 Å². The molecule has 9 heteroatoms. The van der Waals surface area contributed by atoms with Crippen LogP contribution in [0.2, 0.25) is 0 Å². The molecule has 1 aromatic rings. The summed E-state index contributed by atoms with van der Waals surface area (Å²) in [5.41, 5.74) is 0.621. The molecule has 8 nitrogen and oxygen atoms in total. The number of aromatic nitrogens is 1. The Hall–Kier alpha value is -2.00. The predicted molar refractivity (Wildman–Crippen MR) is 103 cm³/mol. The van der Waals surface area contributed by atoms with Crippen LogP contribution in [0.5, 0.6) is 0 Å². The number of amides is 1. The average Bonchev–Trinajstić information content (AvgIpc) is 2.89. The van der Waals surface area contributed by atoms with Crippen molar-refractivity contribution in [2.75, 3.05) is 12.8 Å². The first-order valence-electron chi connectivity index (χ1n) is 9.18. The molecule has 1 aromatic heterocycles. The fourth-order valence-corrected chi connectivity index (χ4v) is 3.84. The number of rotatable bonds is 7. The number of hydrogen-bond acceptors (Lipinski definition) is 7. The fourth-order valence-electron chi connectivity index (χ4n) is 3.24. The molecular weight excluding hydrogens is 384 g/mol. The molecule has 0 saturated carbocycles. The Morgan fingerprint density at radius 2 is 2.07 bits per heavy atom. The second-order valence-electron chi connectivity index (χ2n) is 7.96. The van der Waals surface area contributed by atoms with Crippen LogP contribution < -0.4 is 0 Å². The molecule has 2 atom stereocenters. The van der Waals surface area contributed by atoms with Crippen LogP contribution in [0, 0.1) is 6.92 Å². The summed E-state index contributed by atoms with van der Waals surface area (Å²) >= 11 is 0. The van der Waals surface area contributed by atoms with Gasteiger partial charge >= 0.3 is 5.97 Å². The van der Waals surface area contributed by atoms with Crippen molar-refractivity contribution in [3.63, 3.8) is 0 Å². The summed E-state index contributed by atoms with van der Waals surface area (Å²) < 4.78 is 34.4. The first-order chi connectivity index (χ1) is 12.9. The highest BCUT2D eigenvalue weighted by Gasteiger charge is 2.40. The number of ether oxygens (including phenoxy) is 1. The molecule has 2 rings (SSSR count). The predicted octanol–water partition coefficient (Wildman–Crippen LogP) is 2.13. The van der Waals surface area contributed by atoms with Gasteiger partial charge in [0.15, 0.2) is 0 Å². The van der Waals surface area contributed by atoms with E-state index in [4.69, 9.17) is 8.92 Å². The van der Waals surface area contributed by atoms with E-state index in [0.29, 0.717) is 12.1 Å². The highest BCUT2D eigenvalue weighted by molar-refractivity contribution is 7.86. The van der Waals surface area contributed by atoms with Crippen molar-refractivity contribution in [3.8, 4) is 0 Å². The van der Waals surface area contributed by atoms with E-state index in [1.807, 2.05) is 13.0 Å². The number of pyridine rings is 1. The summed E-state index contributed by atoms with van der Waals surface area (Å²) in [6.07, 6.45) is 2.30. The van der Waals surface area contributed by atoms with Crippen LogP contribution in [0.1, 0.15) is 57.4 Å². The van der Waals surface area contributed by atoms with E-state index >= 15 is 0 Å². The minimum Gasteiger partial charge on any atom is -0.460 e. The maximum Gasteiger partial charge on any atom is 0.308 e. The lowest BCUT2D eigenvalue weighted by Gasteiger charge is -2.31. The molecule has 0 radical (unpaired) electrons. The minimum atomic E-state index is -3.79. The van der Waals surface area contributed by atoms with Gasteiger partial charge in [0, 0.05) is 19.2 Å². The van der Waals surface area contributed by atoms with E-state index < -0.39 is 33.8 Å². The zero-order valence-electron chi connectivity index (χ0n) is 17.0. The first-order valence-corrected chi connectivity index (χ1v) is 11.0. The van der Waals surface area contributed by atoms with E-state index in [9.17, 15) is 18.0 Å². The molecule has 1 aliphatic heterocycles. The molecule has 0 bridgehead atoms. The maximum absolute atomic E-state index is 12.4. The summed E-state index contributed by atoms with van der Waals surface area (Å²) in [6, 6.07) is 3.03. The standard InChI is InChI=1S/C19H28N2O6S/c1-13-7-6-11-20-17(13)18(27-28(5,24)25)14-8-9-15(22)21(14)12-10-16(23)26-19(2,3)4/h6-7,11,14,18H,8-10,12H2,1-5H3/t14-,18-/m0/s1. The van der Waals surface area contributed by atoms with Crippen LogP contribution in [0.3, 0.4) is 0 Å². The van der Waals surface area contributed by atoms with Gasteiger partial charge < -0.3 is 9.64 Å². The summed E-state index contributed by atoms with van der Waals surface area (Å²) in [4.78, 5) is 30.3. The zero-order chi connectivity index (χ0) is 21.1. The average molecular weight is 413 g/mol. The van der Waals surface area contributed by atoms with E-state index in [1.54, 1.807) is 33.0 Å². The summed E-state index contributed by atoms with van der Waals surface area (Å²) in [5, 5.41) is 0. The van der Waals surface area contributed by atoms with Gasteiger partial charge in [-0.05, 0) is 45.7 Å². The highest BCUT2D eigenvalue weighted by atomic mass is 32.2. The molecule has 2 heterocycles. The molecule has 0 unspecified atom stereocenters. The number of carbonyl (C=O) groups excluding carboxylic acids is 2. The molecule has 0 aromatic carbocycles. The van der Waals surface area contributed by atoms with E-state index in [0.717, 1.165) is 11.8 Å². The largest absolute Gasteiger partial charge is 0.460 e. The molecular formula is C19H28N2O6S. The Morgan fingerprint density at radius 3 is 2.64 bits per heavy atom. The quantitative estimate of drug-likeness (QED) is 0.499. The number of nitrogens with zero attached hydrogens (tertiary/aromatic N) is 2. The summed E-state index contributed by atoms with van der Waals surface area (Å²) in [6.45, 7) is 7.26. The Morgan fingerprint density at radius 1 is 1.39 bits per heavy atom. The lowest BCUT2D eigenvalue weighted by Crippen LogP contribution is -2.41. The highest BCUT2D eigenvalue weighted by Crippen LogP contribution is 2.34. The lowest BCUT2D eigenvalue weighted by atomic mass is 10.0. The van der Waals surface area contributed by atoms with Crippen molar-refractivity contribution in [1.82, 2.24) is 9.88 Å². The second kappa shape index (κ2) is 8.57. The monoisotopic (exact) mass is 412 g/mol. The Bertz CT molecular complexity index is 831. The third kappa shape index (κ3) is 6.27. The van der Waals surface area contributed by atoms with Gasteiger partial charge in [-0.3, -0.25) is 18.8 Å². The van der Waals surface area contributed by atoms with Crippen molar-refractivity contribution < 1.29 is 26.9 Å². The van der Waals surface area contributed by atoms with Crippen LogP contribution in [0.4, 0.5) is 0 Å². The molecule has 1 amide bonds. The van der Waals surface area contributed by atoms with Crippen molar-refractivity contribution in [2.24, 2.45) is 0 Å². The summed E-state index contributed by atoms with van der Waals surface area (Å²) in [7, 11) is -3.79. The van der Waals surface area contributed by atoms with Crippen molar-refractivity contribution in [1.29, 1.82) is 0 Å². The Labute approximate surface area is 166 Å². The Kier molecular flexibility index (Phi) is 6.82. The normalized spacial score (nSPS) is 19.0. The maximum atomic E-state index is 12.4. The van der Waals surface area contributed by atoms with Gasteiger partial charge in [-0.25, -0.2) is 0 Å². The minimum absolute atomic E-state index is 0.0201. The van der Waals surface area contributed by atoms with Gasteiger partial charge in [0.05, 0.1) is 24.4 Å². The number of esters is 1. The molecule has 28 heavy (non-hydrogen) atoms. The third-order valence-electron chi connectivity index (χ3n) is 4.30. The summed E-state index contributed by atoms with van der Waals surface area (Å²) in [5.74, 6) is -0.565. The van der Waals surface area contributed by atoms with Gasteiger partial charge in [-0.1, -0.05) is 6.07 Å². The lowest BCUT2D eigenvalue weighted by molar-refractivity contribution is -0.155. The van der Waals surface area contributed by atoms with Crippen LogP contribution in [0.25, 0.3) is 0 Å². The number of carbonyl (C=O) groups is 2. The van der Waals surface area contributed by atoms with Gasteiger partial charge in [0.2, 0.25) is 5.91 Å². The van der Waals surface area contributed by atoms with Gasteiger partial charge in [-0.2, -0.15) is 8.42 Å². The van der Waals surface area contributed by atoms with Crippen LogP contribution in [-0.2, 0) is 28.6 Å². The second-order valence-corrected chi connectivity index (χ2v) is 9.56. The van der Waals surface area contributed by atoms with E-state index in [1.165, 1.54) is 4.90 Å². The molecule has 1 aliphatic rings. The number of hydrogen-bond donors (Lipinski definition) is 0. The van der Waals surface area contributed by atoms with Gasteiger partial charge in [0.25, 0.3) is 10.1 Å². The number of likely N-dealkylation sites (tertiary alicyclic amines) is 1. The SMILES string of the molecule is Cc1cccnc1[C@@H](OS(C)(=O)=O)[C@@H]1CCC(=O)N1CCC(=O)OC(C)(C)C. The number of aryl methyl sites for hydroxylation is 1. The molecule has 156 valence electrons. The van der Waals surface area contributed by atoms with Crippen LogP contribution in [0.15, 0.2) is 18.3 Å². The van der Waals surface area contributed by atoms with Crippen molar-refractivity contribution >= 4 is 22.0 Å². The first kappa shape index (κ1) is 22.3. The zero-order valence-corrected chi connectivity index (χ0v) is 17.8. The molecule has 1 fully saturated rings.